The summed E-state index contributed by atoms with van der Waals surface area (Å²) in [6.07, 6.45) is 1.58. The molecule has 1 amide bonds. The number of carbonyl (C=O) groups excluding carboxylic acids is 1. The fourth-order valence-electron chi connectivity index (χ4n) is 2.26. The lowest BCUT2D eigenvalue weighted by molar-refractivity contribution is -0.125. The van der Waals surface area contributed by atoms with Crippen molar-refractivity contribution in [3.8, 4) is 0 Å². The molecular weight excluding hydrogens is 280 g/mol. The number of piperidine rings is 1. The van der Waals surface area contributed by atoms with Crippen molar-refractivity contribution in [2.45, 2.75) is 19.8 Å². The van der Waals surface area contributed by atoms with Crippen molar-refractivity contribution < 1.29 is 4.79 Å². The van der Waals surface area contributed by atoms with Gasteiger partial charge in [-0.15, -0.1) is 0 Å². The predicted octanol–water partition coefficient (Wildman–Crippen LogP) is 0.919. The van der Waals surface area contributed by atoms with Crippen molar-refractivity contribution >= 4 is 29.4 Å². The molecule has 0 atom stereocenters. The summed E-state index contributed by atoms with van der Waals surface area (Å²) in [5.74, 6) is 1.22. The molecule has 2 rings (SSSR count). The van der Waals surface area contributed by atoms with Crippen molar-refractivity contribution in [2.24, 2.45) is 5.92 Å². The Balaban J connectivity index is 2.04. The number of nitrogens with one attached hydrogen (secondary N) is 2. The van der Waals surface area contributed by atoms with Gasteiger partial charge in [0.1, 0.15) is 0 Å². The Hall–Kier alpha value is -1.63. The zero-order valence-corrected chi connectivity index (χ0v) is 12.4. The van der Waals surface area contributed by atoms with Gasteiger partial charge in [0.25, 0.3) is 0 Å². The van der Waals surface area contributed by atoms with Crippen LogP contribution < -0.4 is 15.5 Å². The predicted molar refractivity (Wildman–Crippen MR) is 78.0 cm³/mol. The van der Waals surface area contributed by atoms with E-state index in [2.05, 4.69) is 25.6 Å². The molecule has 0 bridgehead atoms. The highest BCUT2D eigenvalue weighted by molar-refractivity contribution is 6.28. The summed E-state index contributed by atoms with van der Waals surface area (Å²) in [7, 11) is 1.67. The van der Waals surface area contributed by atoms with Gasteiger partial charge in [0.15, 0.2) is 0 Å². The molecule has 1 aliphatic rings. The minimum absolute atomic E-state index is 0.0711. The van der Waals surface area contributed by atoms with Gasteiger partial charge in [0.05, 0.1) is 0 Å². The molecule has 0 saturated carbocycles. The first-order chi connectivity index (χ1) is 9.63. The molecule has 110 valence electrons. The maximum atomic E-state index is 11.6. The summed E-state index contributed by atoms with van der Waals surface area (Å²) in [6.45, 7) is 4.17. The zero-order valence-electron chi connectivity index (χ0n) is 11.7. The van der Waals surface area contributed by atoms with Crippen LogP contribution in [0.2, 0.25) is 5.28 Å². The first-order valence-corrected chi connectivity index (χ1v) is 7.13. The van der Waals surface area contributed by atoms with Gasteiger partial charge in [-0.1, -0.05) is 0 Å². The van der Waals surface area contributed by atoms with Gasteiger partial charge in [0, 0.05) is 32.6 Å². The lowest BCUT2D eigenvalue weighted by Gasteiger charge is -2.31. The van der Waals surface area contributed by atoms with Crippen LogP contribution in [0.4, 0.5) is 11.9 Å². The molecule has 2 N–H and O–H groups in total. The van der Waals surface area contributed by atoms with E-state index in [1.807, 2.05) is 11.8 Å². The van der Waals surface area contributed by atoms with Gasteiger partial charge < -0.3 is 15.5 Å². The monoisotopic (exact) mass is 298 g/mol. The highest BCUT2D eigenvalue weighted by Gasteiger charge is 2.25. The smallest absolute Gasteiger partial charge is 0.231 e. The molecular formula is C12H19ClN6O. The Morgan fingerprint density at radius 3 is 2.65 bits per heavy atom. The zero-order chi connectivity index (χ0) is 14.5. The number of hydrogen-bond acceptors (Lipinski definition) is 6. The second-order valence-electron chi connectivity index (χ2n) is 4.63. The SMILES string of the molecule is CCNc1nc(Cl)nc(N2CCC(C(=O)NC)CC2)n1. The number of nitrogens with zero attached hydrogens (tertiary/aromatic N) is 4. The molecule has 2 heterocycles. The Bertz CT molecular complexity index is 475. The largest absolute Gasteiger partial charge is 0.359 e. The molecule has 0 aliphatic carbocycles. The summed E-state index contributed by atoms with van der Waals surface area (Å²) in [4.78, 5) is 26.2. The highest BCUT2D eigenvalue weighted by atomic mass is 35.5. The van der Waals surface area contributed by atoms with E-state index in [-0.39, 0.29) is 17.1 Å². The lowest BCUT2D eigenvalue weighted by atomic mass is 9.96. The van der Waals surface area contributed by atoms with Gasteiger partial charge in [-0.05, 0) is 31.4 Å². The second-order valence-corrected chi connectivity index (χ2v) is 4.97. The summed E-state index contributed by atoms with van der Waals surface area (Å²) in [5.41, 5.74) is 0. The summed E-state index contributed by atoms with van der Waals surface area (Å²) in [5, 5.41) is 5.90. The standard InChI is InChI=1S/C12H19ClN6O/c1-3-15-11-16-10(13)17-12(18-11)19-6-4-8(5-7-19)9(20)14-2/h8H,3-7H2,1-2H3,(H,14,20)(H,15,16,17,18). The molecule has 0 radical (unpaired) electrons. The lowest BCUT2D eigenvalue weighted by Crippen LogP contribution is -2.40. The molecule has 1 aliphatic heterocycles. The average molecular weight is 299 g/mol. The van der Waals surface area contributed by atoms with Gasteiger partial charge in [-0.25, -0.2) is 0 Å². The molecule has 8 heteroatoms. The van der Waals surface area contributed by atoms with Crippen LogP contribution in [0.25, 0.3) is 0 Å². The van der Waals surface area contributed by atoms with E-state index in [4.69, 9.17) is 11.6 Å². The van der Waals surface area contributed by atoms with Crippen molar-refractivity contribution in [1.82, 2.24) is 20.3 Å². The fourth-order valence-corrected chi connectivity index (χ4v) is 2.42. The van der Waals surface area contributed by atoms with Gasteiger partial charge in [-0.2, -0.15) is 15.0 Å². The summed E-state index contributed by atoms with van der Waals surface area (Å²) < 4.78 is 0. The van der Waals surface area contributed by atoms with Crippen LogP contribution in [-0.4, -0.2) is 47.5 Å². The highest BCUT2D eigenvalue weighted by Crippen LogP contribution is 2.22. The number of halogens is 1. The summed E-state index contributed by atoms with van der Waals surface area (Å²) >= 11 is 5.91. The molecule has 1 saturated heterocycles. The molecule has 0 spiro atoms. The molecule has 0 aromatic carbocycles. The van der Waals surface area contributed by atoms with Crippen LogP contribution in [0.15, 0.2) is 0 Å². The van der Waals surface area contributed by atoms with Crippen LogP contribution in [-0.2, 0) is 4.79 Å². The topological polar surface area (TPSA) is 83.0 Å². The molecule has 20 heavy (non-hydrogen) atoms. The number of rotatable bonds is 4. The molecule has 1 fully saturated rings. The average Bonchev–Trinajstić information content (AvgIpc) is 2.46. The van der Waals surface area contributed by atoms with E-state index in [0.29, 0.717) is 11.9 Å². The first-order valence-electron chi connectivity index (χ1n) is 6.76. The van der Waals surface area contributed by atoms with Crippen molar-refractivity contribution in [3.05, 3.63) is 5.28 Å². The Labute approximate surface area is 123 Å². The van der Waals surface area contributed by atoms with Gasteiger partial charge in [0.2, 0.25) is 23.1 Å². The normalized spacial score (nSPS) is 16.1. The number of amides is 1. The van der Waals surface area contributed by atoms with E-state index >= 15 is 0 Å². The molecule has 0 unspecified atom stereocenters. The summed E-state index contributed by atoms with van der Waals surface area (Å²) in [6, 6.07) is 0. The van der Waals surface area contributed by atoms with Crippen LogP contribution >= 0.6 is 11.6 Å². The van der Waals surface area contributed by atoms with Crippen LogP contribution in [0.1, 0.15) is 19.8 Å². The molecule has 1 aromatic heterocycles. The van der Waals surface area contributed by atoms with Gasteiger partial charge >= 0.3 is 0 Å². The van der Waals surface area contributed by atoms with Crippen molar-refractivity contribution in [3.63, 3.8) is 0 Å². The quantitative estimate of drug-likeness (QED) is 0.860. The van der Waals surface area contributed by atoms with Crippen molar-refractivity contribution in [1.29, 1.82) is 0 Å². The number of aromatic nitrogens is 3. The molecule has 1 aromatic rings. The maximum absolute atomic E-state index is 11.6. The number of hydrogen-bond donors (Lipinski definition) is 2. The first kappa shape index (κ1) is 14.8. The van der Waals surface area contributed by atoms with E-state index in [1.165, 1.54) is 0 Å². The minimum Gasteiger partial charge on any atom is -0.359 e. The third kappa shape index (κ3) is 3.47. The van der Waals surface area contributed by atoms with E-state index in [0.717, 1.165) is 32.5 Å². The fraction of sp³-hybridized carbons (Fsp3) is 0.667. The van der Waals surface area contributed by atoms with Crippen LogP contribution in [0.5, 0.6) is 0 Å². The Morgan fingerprint density at radius 2 is 2.05 bits per heavy atom. The van der Waals surface area contributed by atoms with Crippen LogP contribution in [0, 0.1) is 5.92 Å². The van der Waals surface area contributed by atoms with Crippen molar-refractivity contribution in [2.75, 3.05) is 36.9 Å². The maximum Gasteiger partial charge on any atom is 0.231 e. The van der Waals surface area contributed by atoms with E-state index in [1.54, 1.807) is 7.05 Å². The second kappa shape index (κ2) is 6.69. The van der Waals surface area contributed by atoms with E-state index in [9.17, 15) is 4.79 Å². The Morgan fingerprint density at radius 1 is 1.35 bits per heavy atom. The third-order valence-electron chi connectivity index (χ3n) is 3.33. The number of anilines is 2. The minimum atomic E-state index is 0.0711. The number of carbonyl (C=O) groups is 1. The van der Waals surface area contributed by atoms with Gasteiger partial charge in [-0.3, -0.25) is 4.79 Å². The molecule has 7 nitrogen and oxygen atoms in total. The Kier molecular flexibility index (Phi) is 4.94. The van der Waals surface area contributed by atoms with Crippen LogP contribution in [0.3, 0.4) is 0 Å². The third-order valence-corrected chi connectivity index (χ3v) is 3.50. The van der Waals surface area contributed by atoms with E-state index < -0.39 is 0 Å².